The number of benzene rings is 1. The number of nitrogens with one attached hydrogen (secondary N) is 1. The fraction of sp³-hybridized carbons (Fsp3) is 0.548. The lowest BCUT2D eigenvalue weighted by atomic mass is 9.84. The molecule has 9 nitrogen and oxygen atoms in total. The van der Waals surface area contributed by atoms with E-state index < -0.39 is 31.9 Å². The van der Waals surface area contributed by atoms with E-state index in [4.69, 9.17) is 9.47 Å². The van der Waals surface area contributed by atoms with Crippen molar-refractivity contribution in [3.05, 3.63) is 53.7 Å². The predicted molar refractivity (Wildman–Crippen MR) is 163 cm³/mol. The van der Waals surface area contributed by atoms with Crippen LogP contribution in [0, 0.1) is 5.92 Å². The number of amides is 3. The Labute approximate surface area is 245 Å². The molecule has 1 aliphatic rings. The van der Waals surface area contributed by atoms with Crippen LogP contribution in [-0.4, -0.2) is 61.0 Å². The van der Waals surface area contributed by atoms with E-state index in [2.05, 4.69) is 44.2 Å². The molecule has 41 heavy (non-hydrogen) atoms. The monoisotopic (exact) mass is 582 g/mol. The molecule has 1 saturated heterocycles. The van der Waals surface area contributed by atoms with Crippen LogP contribution in [0.2, 0.25) is 18.1 Å². The number of hydrogen-bond donors (Lipinski definition) is 1. The highest BCUT2D eigenvalue weighted by Crippen LogP contribution is 2.45. The minimum atomic E-state index is -2.28. The van der Waals surface area contributed by atoms with Gasteiger partial charge in [-0.25, -0.2) is 9.78 Å². The molecule has 1 aromatic carbocycles. The number of hydrogen-bond acceptors (Lipinski definition) is 6. The van der Waals surface area contributed by atoms with Gasteiger partial charge >= 0.3 is 6.09 Å². The number of aromatic nitrogens is 1. The highest BCUT2D eigenvalue weighted by molar-refractivity contribution is 6.80. The molecule has 0 aliphatic carbocycles. The van der Waals surface area contributed by atoms with Gasteiger partial charge in [-0.15, -0.1) is 0 Å². The maximum absolute atomic E-state index is 13.6. The minimum Gasteiger partial charge on any atom is -0.497 e. The summed E-state index contributed by atoms with van der Waals surface area (Å²) < 4.78 is 12.9. The molecule has 3 amide bonds. The van der Waals surface area contributed by atoms with Gasteiger partial charge in [0, 0.05) is 12.7 Å². The number of methoxy groups -OCH3 is 1. The Morgan fingerprint density at radius 1 is 1.05 bits per heavy atom. The van der Waals surface area contributed by atoms with Crippen molar-refractivity contribution in [3.8, 4) is 5.75 Å². The smallest absolute Gasteiger partial charge is 0.416 e. The molecule has 0 radical (unpaired) electrons. The molecule has 1 N–H and O–H groups in total. The second kappa shape index (κ2) is 12.2. The van der Waals surface area contributed by atoms with Gasteiger partial charge in [0.15, 0.2) is 8.24 Å². The molecule has 2 atom stereocenters. The van der Waals surface area contributed by atoms with E-state index in [1.807, 2.05) is 68.7 Å². The van der Waals surface area contributed by atoms with Gasteiger partial charge in [0.1, 0.15) is 23.2 Å². The van der Waals surface area contributed by atoms with Gasteiger partial charge in [0.2, 0.25) is 11.8 Å². The fourth-order valence-electron chi connectivity index (χ4n) is 4.77. The van der Waals surface area contributed by atoms with Crippen LogP contribution < -0.4 is 15.0 Å². The lowest BCUT2D eigenvalue weighted by molar-refractivity contribution is -0.155. The first-order valence-electron chi connectivity index (χ1n) is 14.2. The Balaban J connectivity index is 1.93. The van der Waals surface area contributed by atoms with E-state index in [-0.39, 0.29) is 23.4 Å². The molecule has 2 heterocycles. The van der Waals surface area contributed by atoms with Gasteiger partial charge in [-0.1, -0.05) is 46.0 Å². The summed E-state index contributed by atoms with van der Waals surface area (Å²) in [5, 5.41) is 2.84. The van der Waals surface area contributed by atoms with Crippen LogP contribution in [0.3, 0.4) is 0 Å². The highest BCUT2D eigenvalue weighted by Gasteiger charge is 2.59. The summed E-state index contributed by atoms with van der Waals surface area (Å²) in [4.78, 5) is 46.2. The van der Waals surface area contributed by atoms with Gasteiger partial charge < -0.3 is 19.4 Å². The van der Waals surface area contributed by atoms with Crippen molar-refractivity contribution in [2.24, 2.45) is 5.92 Å². The predicted octanol–water partition coefficient (Wildman–Crippen LogP) is 5.54. The van der Waals surface area contributed by atoms with Crippen LogP contribution in [-0.2, 0) is 27.3 Å². The average Bonchev–Trinajstić information content (AvgIpc) is 2.87. The maximum Gasteiger partial charge on any atom is 0.416 e. The quantitative estimate of drug-likeness (QED) is 0.308. The van der Waals surface area contributed by atoms with Gasteiger partial charge in [-0.05, 0) is 74.5 Å². The molecule has 2 aromatic rings. The van der Waals surface area contributed by atoms with Crippen molar-refractivity contribution >= 4 is 32.0 Å². The van der Waals surface area contributed by atoms with Gasteiger partial charge in [-0.3, -0.25) is 14.5 Å². The number of β-lactam (4-membered cyclic amide) rings is 1. The van der Waals surface area contributed by atoms with E-state index in [0.717, 1.165) is 16.9 Å². The first kappa shape index (κ1) is 32.1. The van der Waals surface area contributed by atoms with E-state index >= 15 is 0 Å². The zero-order valence-corrected chi connectivity index (χ0v) is 27.2. The number of pyridine rings is 1. The molecule has 3 rings (SSSR count). The number of anilines is 1. The zero-order chi connectivity index (χ0) is 30.8. The Kier molecular flexibility index (Phi) is 9.57. The van der Waals surface area contributed by atoms with Crippen molar-refractivity contribution in [3.63, 3.8) is 0 Å². The van der Waals surface area contributed by atoms with Crippen LogP contribution in [0.4, 0.5) is 10.6 Å². The van der Waals surface area contributed by atoms with Crippen molar-refractivity contribution in [2.45, 2.75) is 91.2 Å². The Morgan fingerprint density at radius 2 is 1.68 bits per heavy atom. The lowest BCUT2D eigenvalue weighted by Gasteiger charge is -2.57. The summed E-state index contributed by atoms with van der Waals surface area (Å²) in [6.07, 6.45) is 1.47. The Hall–Kier alpha value is -3.40. The number of nitrogens with zero attached hydrogens (tertiary/aromatic N) is 3. The van der Waals surface area contributed by atoms with Crippen molar-refractivity contribution in [1.82, 2.24) is 14.9 Å². The summed E-state index contributed by atoms with van der Waals surface area (Å²) in [5.41, 5.74) is 0.998. The Morgan fingerprint density at radius 3 is 2.22 bits per heavy atom. The van der Waals surface area contributed by atoms with E-state index in [1.54, 1.807) is 13.3 Å². The highest BCUT2D eigenvalue weighted by atomic mass is 28.3. The fourth-order valence-corrected chi connectivity index (χ4v) is 7.20. The first-order chi connectivity index (χ1) is 19.0. The minimum absolute atomic E-state index is 0.00781. The third kappa shape index (κ3) is 7.27. The molecule has 1 fully saturated rings. The normalized spacial score (nSPS) is 17.5. The topological polar surface area (TPSA) is 101 Å². The second-order valence-electron chi connectivity index (χ2n) is 13.1. The van der Waals surface area contributed by atoms with E-state index in [0.29, 0.717) is 18.8 Å². The number of carbonyl (C=O) groups excluding carboxylic acids is 3. The van der Waals surface area contributed by atoms with Crippen molar-refractivity contribution in [1.29, 1.82) is 0 Å². The molecule has 0 unspecified atom stereocenters. The molecule has 1 aromatic heterocycles. The molecular weight excluding hydrogens is 536 g/mol. The third-order valence-corrected chi connectivity index (χ3v) is 13.3. The van der Waals surface area contributed by atoms with Gasteiger partial charge in [0.05, 0.1) is 19.6 Å². The molecular formula is C31H46N4O5Si. The van der Waals surface area contributed by atoms with Crippen LogP contribution in [0.25, 0.3) is 0 Å². The summed E-state index contributed by atoms with van der Waals surface area (Å²) in [6, 6.07) is 10.6. The SMILES string of the molecule is CCNC(=O)[C@@H]1[C@@H](Cc2ccnc(N(Cc3ccc(OC)cc3)C(=O)OC(C)(C)C)c2)C(=O)N1[Si](C)(C)C(C)(C)C. The molecule has 0 bridgehead atoms. The number of ether oxygens (including phenoxy) is 2. The molecule has 1 aliphatic heterocycles. The summed E-state index contributed by atoms with van der Waals surface area (Å²) >= 11 is 0. The van der Waals surface area contributed by atoms with Crippen molar-refractivity contribution in [2.75, 3.05) is 18.6 Å². The number of likely N-dealkylation sites (N-methyl/N-ethyl adjacent to an activating group) is 1. The van der Waals surface area contributed by atoms with Crippen LogP contribution in [0.1, 0.15) is 59.6 Å². The number of rotatable bonds is 9. The summed E-state index contributed by atoms with van der Waals surface area (Å²) in [7, 11) is -0.680. The molecule has 10 heteroatoms. The van der Waals surface area contributed by atoms with Crippen LogP contribution in [0.15, 0.2) is 42.6 Å². The van der Waals surface area contributed by atoms with E-state index in [9.17, 15) is 14.4 Å². The van der Waals surface area contributed by atoms with Gasteiger partial charge in [0.25, 0.3) is 0 Å². The van der Waals surface area contributed by atoms with Crippen LogP contribution in [0.5, 0.6) is 5.75 Å². The lowest BCUT2D eigenvalue weighted by Crippen LogP contribution is -2.76. The van der Waals surface area contributed by atoms with Crippen LogP contribution >= 0.6 is 0 Å². The first-order valence-corrected chi connectivity index (χ1v) is 17.1. The second-order valence-corrected chi connectivity index (χ2v) is 18.2. The third-order valence-electron chi connectivity index (χ3n) is 7.93. The molecule has 0 spiro atoms. The largest absolute Gasteiger partial charge is 0.497 e. The molecule has 0 saturated carbocycles. The maximum atomic E-state index is 13.6. The zero-order valence-electron chi connectivity index (χ0n) is 26.2. The Bertz CT molecular complexity index is 1250. The summed E-state index contributed by atoms with van der Waals surface area (Å²) in [5.74, 6) is 0.536. The average molecular weight is 583 g/mol. The molecule has 224 valence electrons. The van der Waals surface area contributed by atoms with E-state index in [1.165, 1.54) is 4.90 Å². The van der Waals surface area contributed by atoms with Gasteiger partial charge in [-0.2, -0.15) is 0 Å². The summed E-state index contributed by atoms with van der Waals surface area (Å²) in [6.45, 7) is 18.8. The standard InChI is InChI=1S/C31H46N4O5Si/c1-11-32-27(36)26-24(28(37)35(26)41(9,10)31(5,6)7)18-22-16-17-33-25(19-22)34(29(38)40-30(2,3)4)20-21-12-14-23(39-8)15-13-21/h12-17,19,24,26H,11,18,20H2,1-10H3,(H,32,36)/t24-,26+/m1/s1. The number of carbonyl (C=O) groups is 3. The van der Waals surface area contributed by atoms with Crippen molar-refractivity contribution < 1.29 is 23.9 Å².